The molecule has 0 radical (unpaired) electrons. The van der Waals surface area contributed by atoms with Gasteiger partial charge in [-0.05, 0) is 202 Å². The van der Waals surface area contributed by atoms with Crippen molar-refractivity contribution in [2.45, 2.75) is 114 Å². The van der Waals surface area contributed by atoms with Crippen LogP contribution in [0.1, 0.15) is 88.8 Å². The van der Waals surface area contributed by atoms with Gasteiger partial charge in [0.1, 0.15) is 17.7 Å². The van der Waals surface area contributed by atoms with Crippen molar-refractivity contribution >= 4 is 73.1 Å². The smallest absolute Gasteiger partial charge is 0.407 e. The lowest BCUT2D eigenvalue weighted by atomic mass is 9.81. The molecule has 5 aromatic carbocycles. The van der Waals surface area contributed by atoms with E-state index in [1.54, 1.807) is 71.6 Å². The standard InChI is InChI=1S/C34H40N8O6S.C29H36BrN7O4/c1-21-7-16-28(49(47,48)42(2)3)19-29(21)26-6-4-5-23(17-26)18-30(37-32(43)25-10-8-22(9-11-25)20-35-34(45)46)33(44)36-27-14-12-24(13-15-27)31-38-40-41-39-31;1-29(2,3)41-28(40)32-17-18-7-9-21(10-8-18)27(39)37(23-13-11-20(12-14-23)26-33-35-36-34-26)24(25(31)38)16-19-5-4-6-22(30)15-19/h4-7,12-17,19,22,25,30,35H,8-11,18,20H2,1-3H3,(H,36,44)(H,37,43)(H,45,46)(H,38,39,40,41);4-6,11-15,18,21,24H,7-10,16-17H2,1-3H3,(H2,31,38)(H,32,40)(H,33,34,35,36)/t22?,25?,30-;18?,21?,24-/m00/s1. The molecule has 9 rings (SSSR count). The molecule has 2 atom stereocenters. The number of aromatic amines is 2. The van der Waals surface area contributed by atoms with Crippen molar-refractivity contribution in [3.63, 3.8) is 0 Å². The lowest BCUT2D eigenvalue weighted by Gasteiger charge is -2.36. The Labute approximate surface area is 530 Å². The zero-order valence-corrected chi connectivity index (χ0v) is 53.4. The summed E-state index contributed by atoms with van der Waals surface area (Å²) in [7, 11) is -0.682. The molecule has 0 unspecified atom stereocenters. The molecule has 2 aromatic heterocycles. The van der Waals surface area contributed by atoms with Crippen LogP contribution in [0.25, 0.3) is 33.9 Å². The number of amides is 6. The number of nitrogens with one attached hydrogen (secondary N) is 6. The number of carbonyl (C=O) groups is 6. The fraction of sp³-hybridized carbons (Fsp3) is 0.397. The summed E-state index contributed by atoms with van der Waals surface area (Å²) in [5, 5.41) is 48.1. The normalized spacial score (nSPS) is 17.3. The molecule has 0 aliphatic heterocycles. The third-order valence-electron chi connectivity index (χ3n) is 15.9. The Bertz CT molecular complexity index is 3700. The van der Waals surface area contributed by atoms with E-state index in [0.29, 0.717) is 80.2 Å². The minimum Gasteiger partial charge on any atom is -0.465 e. The number of hydrogen-bond acceptors (Lipinski definition) is 15. The second-order valence-corrected chi connectivity index (χ2v) is 26.8. The SMILES string of the molecule is CC(C)(C)OC(=O)NCC1CCC(C(=O)N(c2ccc(-c3nn[nH]n3)cc2)[C@@H](Cc2cccc(Br)c2)C(N)=O)CC1.Cc1ccc(S(=O)(=O)N(C)C)cc1-c1cccc(C[C@H](NC(=O)C2CCC(CNC(=O)O)CC2)C(=O)Nc2ccc(-c3nn[nH]n3)cc2)c1. The Kier molecular flexibility index (Phi) is 22.7. The lowest BCUT2D eigenvalue weighted by molar-refractivity contribution is -0.130. The van der Waals surface area contributed by atoms with E-state index in [4.69, 9.17) is 15.6 Å². The van der Waals surface area contributed by atoms with Crippen molar-refractivity contribution in [2.75, 3.05) is 37.4 Å². The van der Waals surface area contributed by atoms with E-state index in [1.165, 1.54) is 18.4 Å². The average molecular weight is 1320 g/mol. The second-order valence-electron chi connectivity index (χ2n) is 23.8. The molecule has 476 valence electrons. The number of rotatable bonds is 21. The number of primary amides is 1. The molecule has 2 heterocycles. The van der Waals surface area contributed by atoms with Gasteiger partial charge in [0.2, 0.25) is 45.3 Å². The number of nitrogens with two attached hydrogens (primary N) is 1. The predicted octanol–water partition coefficient (Wildman–Crippen LogP) is 8.22. The lowest BCUT2D eigenvalue weighted by Crippen LogP contribution is -2.52. The Morgan fingerprint density at radius 2 is 1.28 bits per heavy atom. The highest BCUT2D eigenvalue weighted by Crippen LogP contribution is 2.35. The Morgan fingerprint density at radius 3 is 1.82 bits per heavy atom. The zero-order chi connectivity index (χ0) is 64.7. The minimum atomic E-state index is -3.65. The highest BCUT2D eigenvalue weighted by Gasteiger charge is 2.37. The number of aromatic nitrogens is 8. The van der Waals surface area contributed by atoms with Gasteiger partial charge >= 0.3 is 12.2 Å². The van der Waals surface area contributed by atoms with E-state index in [0.717, 1.165) is 50.7 Å². The van der Waals surface area contributed by atoms with Gasteiger partial charge in [-0.3, -0.25) is 24.1 Å². The van der Waals surface area contributed by atoms with Crippen molar-refractivity contribution in [3.8, 4) is 33.9 Å². The van der Waals surface area contributed by atoms with Crippen LogP contribution in [0.2, 0.25) is 0 Å². The number of benzene rings is 5. The third kappa shape index (κ3) is 18.6. The van der Waals surface area contributed by atoms with Gasteiger partial charge in [-0.15, -0.1) is 20.4 Å². The number of anilines is 2. The Morgan fingerprint density at radius 1 is 0.711 bits per heavy atom. The van der Waals surface area contributed by atoms with E-state index >= 15 is 0 Å². The molecule has 2 saturated carbocycles. The molecule has 6 amide bonds. The van der Waals surface area contributed by atoms with Crippen molar-refractivity contribution in [1.82, 2.24) is 61.5 Å². The second kappa shape index (κ2) is 30.5. The van der Waals surface area contributed by atoms with Crippen LogP contribution in [-0.4, -0.2) is 140 Å². The molecule has 0 spiro atoms. The van der Waals surface area contributed by atoms with Crippen LogP contribution in [0.4, 0.5) is 21.0 Å². The molecular weight excluding hydrogens is 1240 g/mol. The number of nitrogens with zero attached hydrogens (tertiary/aromatic N) is 8. The van der Waals surface area contributed by atoms with Crippen molar-refractivity contribution in [2.24, 2.45) is 29.4 Å². The van der Waals surface area contributed by atoms with E-state index in [1.807, 2.05) is 76.2 Å². The first-order valence-corrected chi connectivity index (χ1v) is 31.9. The number of aryl methyl sites for hydroxylation is 1. The summed E-state index contributed by atoms with van der Waals surface area (Å²) in [6, 6.07) is 32.4. The number of halogens is 1. The van der Waals surface area contributed by atoms with Gasteiger partial charge in [0.25, 0.3) is 0 Å². The fourth-order valence-electron chi connectivity index (χ4n) is 11.0. The summed E-state index contributed by atoms with van der Waals surface area (Å²) in [6.45, 7) is 8.21. The monoisotopic (exact) mass is 1310 g/mol. The van der Waals surface area contributed by atoms with Gasteiger partial charge in [-0.1, -0.05) is 58.4 Å². The number of carboxylic acid groups (broad SMARTS) is 1. The van der Waals surface area contributed by atoms with Gasteiger partial charge in [-0.25, -0.2) is 22.3 Å². The van der Waals surface area contributed by atoms with E-state index in [-0.39, 0.29) is 53.2 Å². The fourth-order valence-corrected chi connectivity index (χ4v) is 12.4. The number of alkyl carbamates (subject to hydrolysis) is 1. The highest BCUT2D eigenvalue weighted by atomic mass is 79.9. The molecule has 25 nitrogen and oxygen atoms in total. The Balaban J connectivity index is 0.000000236. The van der Waals surface area contributed by atoms with Crippen LogP contribution < -0.4 is 31.9 Å². The summed E-state index contributed by atoms with van der Waals surface area (Å²) in [4.78, 5) is 79.0. The van der Waals surface area contributed by atoms with Crippen LogP contribution in [-0.2, 0) is 46.8 Å². The summed E-state index contributed by atoms with van der Waals surface area (Å²) >= 11 is 3.48. The van der Waals surface area contributed by atoms with Crippen molar-refractivity contribution in [3.05, 3.63) is 136 Å². The number of tetrazole rings is 2. The van der Waals surface area contributed by atoms with E-state index in [2.05, 4.69) is 78.4 Å². The summed E-state index contributed by atoms with van der Waals surface area (Å²) < 4.78 is 33.1. The topological polar surface area (TPSA) is 356 Å². The zero-order valence-electron chi connectivity index (χ0n) is 51.0. The molecule has 0 bridgehead atoms. The van der Waals surface area contributed by atoms with Crippen molar-refractivity contribution in [1.29, 1.82) is 0 Å². The first-order valence-electron chi connectivity index (χ1n) is 29.6. The van der Waals surface area contributed by atoms with Gasteiger partial charge in [0.05, 0.1) is 4.90 Å². The first kappa shape index (κ1) is 67.0. The molecule has 7 aromatic rings. The number of ether oxygens (including phenoxy) is 1. The molecule has 9 N–H and O–H groups in total. The number of hydrogen-bond donors (Lipinski definition) is 8. The van der Waals surface area contributed by atoms with Crippen LogP contribution in [0.3, 0.4) is 0 Å². The van der Waals surface area contributed by atoms with Crippen LogP contribution in [0.15, 0.2) is 125 Å². The summed E-state index contributed by atoms with van der Waals surface area (Å²) in [6.07, 6.45) is 4.33. The molecule has 2 aliphatic carbocycles. The maximum atomic E-state index is 14.1. The first-order chi connectivity index (χ1) is 42.9. The molecule has 2 aliphatic rings. The van der Waals surface area contributed by atoms with E-state index < -0.39 is 51.7 Å². The van der Waals surface area contributed by atoms with Crippen LogP contribution >= 0.6 is 15.9 Å². The number of H-pyrrole nitrogens is 2. The highest BCUT2D eigenvalue weighted by molar-refractivity contribution is 9.10. The molecule has 2 fully saturated rings. The largest absolute Gasteiger partial charge is 0.465 e. The summed E-state index contributed by atoms with van der Waals surface area (Å²) in [5.41, 5.74) is 11.9. The maximum absolute atomic E-state index is 14.1. The number of sulfonamides is 1. The van der Waals surface area contributed by atoms with Gasteiger partial charge < -0.3 is 36.8 Å². The van der Waals surface area contributed by atoms with Crippen LogP contribution in [0, 0.1) is 30.6 Å². The maximum Gasteiger partial charge on any atom is 0.407 e. The van der Waals surface area contributed by atoms with Gasteiger partial charge in [0, 0.05) is 78.8 Å². The van der Waals surface area contributed by atoms with E-state index in [9.17, 15) is 37.2 Å². The third-order valence-corrected chi connectivity index (χ3v) is 18.2. The van der Waals surface area contributed by atoms with Gasteiger partial charge in [-0.2, -0.15) is 10.4 Å². The quantitative estimate of drug-likeness (QED) is 0.0336. The molecule has 27 heteroatoms. The average Bonchev–Trinajstić information content (AvgIpc) is 1.09. The van der Waals surface area contributed by atoms with Gasteiger partial charge in [0.15, 0.2) is 0 Å². The minimum absolute atomic E-state index is 0.144. The molecular formula is C63H76BrN15O10S. The van der Waals surface area contributed by atoms with Crippen molar-refractivity contribution < 1.29 is 47.0 Å². The molecule has 90 heavy (non-hydrogen) atoms. The van der Waals surface area contributed by atoms with Crippen LogP contribution in [0.5, 0.6) is 0 Å². The number of carbonyl (C=O) groups excluding carboxylic acids is 5. The Hall–Kier alpha value is -8.95. The molecule has 0 saturated heterocycles. The predicted molar refractivity (Wildman–Crippen MR) is 340 cm³/mol. The summed E-state index contributed by atoms with van der Waals surface area (Å²) in [5.74, 6) is -0.716.